The van der Waals surface area contributed by atoms with Crippen molar-refractivity contribution < 1.29 is 14.0 Å². The quantitative estimate of drug-likeness (QED) is 0.703. The highest BCUT2D eigenvalue weighted by molar-refractivity contribution is 6.06. The van der Waals surface area contributed by atoms with Crippen LogP contribution < -0.4 is 10.9 Å². The summed E-state index contributed by atoms with van der Waals surface area (Å²) in [5.74, 6) is -0.691. The zero-order valence-electron chi connectivity index (χ0n) is 15.2. The normalized spacial score (nSPS) is 10.6. The highest BCUT2D eigenvalue weighted by Crippen LogP contribution is 2.16. The van der Waals surface area contributed by atoms with Crippen molar-refractivity contribution in [2.45, 2.75) is 13.8 Å². The number of rotatable bonds is 5. The largest absolute Gasteiger partial charge is 0.422 e. The lowest BCUT2D eigenvalue weighted by atomic mass is 10.1. The van der Waals surface area contributed by atoms with Crippen molar-refractivity contribution in [2.75, 3.05) is 18.4 Å². The summed E-state index contributed by atoms with van der Waals surface area (Å²) >= 11 is 0. The molecule has 0 aliphatic rings. The van der Waals surface area contributed by atoms with Crippen LogP contribution in [0, 0.1) is 0 Å². The van der Waals surface area contributed by atoms with Crippen molar-refractivity contribution in [1.29, 1.82) is 0 Å². The summed E-state index contributed by atoms with van der Waals surface area (Å²) in [6, 6.07) is 15.1. The number of nitrogens with zero attached hydrogens (tertiary/aromatic N) is 1. The van der Waals surface area contributed by atoms with Crippen LogP contribution in [0.1, 0.15) is 34.6 Å². The van der Waals surface area contributed by atoms with Gasteiger partial charge in [-0.25, -0.2) is 4.79 Å². The second-order valence-corrected chi connectivity index (χ2v) is 6.00. The summed E-state index contributed by atoms with van der Waals surface area (Å²) in [6.45, 7) is 5.02. The van der Waals surface area contributed by atoms with Gasteiger partial charge in [-0.1, -0.05) is 24.3 Å². The Morgan fingerprint density at radius 3 is 2.48 bits per heavy atom. The molecular formula is C21H20N2O4. The molecule has 2 amide bonds. The highest BCUT2D eigenvalue weighted by atomic mass is 16.4. The number of amides is 2. The summed E-state index contributed by atoms with van der Waals surface area (Å²) in [4.78, 5) is 38.8. The Labute approximate surface area is 156 Å². The summed E-state index contributed by atoms with van der Waals surface area (Å²) in [6.07, 6.45) is 0. The Morgan fingerprint density at radius 2 is 1.74 bits per heavy atom. The second kappa shape index (κ2) is 7.86. The molecule has 0 saturated heterocycles. The third-order valence-corrected chi connectivity index (χ3v) is 4.30. The van der Waals surface area contributed by atoms with Crippen molar-refractivity contribution in [3.05, 3.63) is 76.1 Å². The van der Waals surface area contributed by atoms with E-state index in [0.29, 0.717) is 35.3 Å². The third kappa shape index (κ3) is 3.89. The molecule has 0 aliphatic heterocycles. The van der Waals surface area contributed by atoms with E-state index in [2.05, 4.69) is 5.32 Å². The van der Waals surface area contributed by atoms with Gasteiger partial charge in [0, 0.05) is 29.7 Å². The molecule has 0 aliphatic carbocycles. The molecule has 0 spiro atoms. The molecule has 0 radical (unpaired) electrons. The fourth-order valence-electron chi connectivity index (χ4n) is 2.84. The van der Waals surface area contributed by atoms with E-state index in [-0.39, 0.29) is 11.5 Å². The van der Waals surface area contributed by atoms with Crippen LogP contribution in [0.25, 0.3) is 11.0 Å². The van der Waals surface area contributed by atoms with Crippen molar-refractivity contribution in [3.63, 3.8) is 0 Å². The first-order valence-corrected chi connectivity index (χ1v) is 8.77. The molecule has 0 fully saturated rings. The number of hydrogen-bond donors (Lipinski definition) is 1. The van der Waals surface area contributed by atoms with E-state index in [1.54, 1.807) is 53.4 Å². The second-order valence-electron chi connectivity index (χ2n) is 6.00. The smallest absolute Gasteiger partial charge is 0.349 e. The van der Waals surface area contributed by atoms with Crippen molar-refractivity contribution in [1.82, 2.24) is 4.90 Å². The van der Waals surface area contributed by atoms with Crippen LogP contribution >= 0.6 is 0 Å². The van der Waals surface area contributed by atoms with E-state index < -0.39 is 11.5 Å². The molecule has 0 saturated carbocycles. The first-order valence-electron chi connectivity index (χ1n) is 8.77. The van der Waals surface area contributed by atoms with Gasteiger partial charge in [-0.3, -0.25) is 9.59 Å². The molecule has 3 rings (SSSR count). The first kappa shape index (κ1) is 18.4. The van der Waals surface area contributed by atoms with Crippen LogP contribution in [0.15, 0.2) is 63.8 Å². The number of hydrogen-bond acceptors (Lipinski definition) is 4. The highest BCUT2D eigenvalue weighted by Gasteiger charge is 2.16. The van der Waals surface area contributed by atoms with Crippen LogP contribution in [0.2, 0.25) is 0 Å². The van der Waals surface area contributed by atoms with Crippen molar-refractivity contribution in [3.8, 4) is 0 Å². The molecule has 2 aromatic carbocycles. The molecule has 0 unspecified atom stereocenters. The minimum Gasteiger partial charge on any atom is -0.422 e. The van der Waals surface area contributed by atoms with Gasteiger partial charge in [0.2, 0.25) is 0 Å². The van der Waals surface area contributed by atoms with Gasteiger partial charge >= 0.3 is 5.63 Å². The van der Waals surface area contributed by atoms with Gasteiger partial charge in [-0.05, 0) is 44.2 Å². The lowest BCUT2D eigenvalue weighted by molar-refractivity contribution is 0.0772. The molecule has 1 heterocycles. The van der Waals surface area contributed by atoms with Gasteiger partial charge in [0.05, 0.1) is 0 Å². The summed E-state index contributed by atoms with van der Waals surface area (Å²) < 4.78 is 5.20. The van der Waals surface area contributed by atoms with E-state index in [9.17, 15) is 14.4 Å². The lowest BCUT2D eigenvalue weighted by Gasteiger charge is -2.19. The van der Waals surface area contributed by atoms with Gasteiger partial charge in [-0.15, -0.1) is 0 Å². The molecule has 0 bridgehead atoms. The molecule has 6 heteroatoms. The third-order valence-electron chi connectivity index (χ3n) is 4.30. The predicted octanol–water partition coefficient (Wildman–Crippen LogP) is 3.53. The van der Waals surface area contributed by atoms with Gasteiger partial charge < -0.3 is 14.6 Å². The molecule has 27 heavy (non-hydrogen) atoms. The number of fused-ring (bicyclic) bond motifs is 1. The topological polar surface area (TPSA) is 79.6 Å². The number of carbonyl (C=O) groups excluding carboxylic acids is 2. The molecule has 6 nitrogen and oxygen atoms in total. The van der Waals surface area contributed by atoms with Gasteiger partial charge in [0.15, 0.2) is 0 Å². The fourth-order valence-corrected chi connectivity index (χ4v) is 2.84. The summed E-state index contributed by atoms with van der Waals surface area (Å²) in [5.41, 5.74) is 0.536. The summed E-state index contributed by atoms with van der Waals surface area (Å²) in [7, 11) is 0. The van der Waals surface area contributed by atoms with Crippen molar-refractivity contribution in [2.24, 2.45) is 0 Å². The maximum absolute atomic E-state index is 12.5. The van der Waals surface area contributed by atoms with E-state index in [0.717, 1.165) is 0 Å². The zero-order chi connectivity index (χ0) is 19.4. The Morgan fingerprint density at radius 1 is 1.00 bits per heavy atom. The number of anilines is 1. The van der Waals surface area contributed by atoms with Crippen LogP contribution in [0.5, 0.6) is 0 Å². The van der Waals surface area contributed by atoms with Gasteiger partial charge in [-0.2, -0.15) is 0 Å². The van der Waals surface area contributed by atoms with E-state index >= 15 is 0 Å². The minimum atomic E-state index is -0.707. The Balaban J connectivity index is 1.86. The van der Waals surface area contributed by atoms with Crippen LogP contribution in [-0.4, -0.2) is 29.8 Å². The molecule has 0 atom stereocenters. The Hall–Kier alpha value is -3.41. The summed E-state index contributed by atoms with van der Waals surface area (Å²) in [5, 5.41) is 3.32. The van der Waals surface area contributed by atoms with Crippen LogP contribution in [-0.2, 0) is 0 Å². The number of nitrogens with one attached hydrogen (secondary N) is 1. The number of carbonyl (C=O) groups is 2. The average molecular weight is 364 g/mol. The Kier molecular flexibility index (Phi) is 5.35. The van der Waals surface area contributed by atoms with E-state index in [1.807, 2.05) is 13.8 Å². The van der Waals surface area contributed by atoms with Crippen LogP contribution in [0.4, 0.5) is 5.69 Å². The zero-order valence-corrected chi connectivity index (χ0v) is 15.2. The maximum atomic E-state index is 12.5. The standard InChI is InChI=1S/C21H20N2O4/c1-3-23(4-2)20(25)15-9-7-10-16(12-15)22-19(24)17-13-14-8-5-6-11-18(14)27-21(17)26/h5-13H,3-4H2,1-2H3,(H,22,24). The monoisotopic (exact) mass is 364 g/mol. The maximum Gasteiger partial charge on any atom is 0.349 e. The SMILES string of the molecule is CCN(CC)C(=O)c1cccc(NC(=O)c2cc3ccccc3oc2=O)c1. The molecule has 3 aromatic rings. The number of benzene rings is 2. The van der Waals surface area contributed by atoms with Crippen LogP contribution in [0.3, 0.4) is 0 Å². The molecule has 138 valence electrons. The predicted molar refractivity (Wildman–Crippen MR) is 104 cm³/mol. The Bertz CT molecular complexity index is 1050. The first-order chi connectivity index (χ1) is 13.0. The van der Waals surface area contributed by atoms with Gasteiger partial charge in [0.1, 0.15) is 11.1 Å². The number of para-hydroxylation sites is 1. The fraction of sp³-hybridized carbons (Fsp3) is 0.190. The van der Waals surface area contributed by atoms with E-state index in [4.69, 9.17) is 4.42 Å². The minimum absolute atomic E-state index is 0.0887. The molecule has 1 aromatic heterocycles. The van der Waals surface area contributed by atoms with Crippen molar-refractivity contribution >= 4 is 28.5 Å². The average Bonchev–Trinajstić information content (AvgIpc) is 2.68. The van der Waals surface area contributed by atoms with E-state index in [1.165, 1.54) is 6.07 Å². The molecular weight excluding hydrogens is 344 g/mol. The van der Waals surface area contributed by atoms with Gasteiger partial charge in [0.25, 0.3) is 11.8 Å². The molecule has 1 N–H and O–H groups in total. The lowest BCUT2D eigenvalue weighted by Crippen LogP contribution is -2.30.